The molecule has 1 saturated heterocycles. The van der Waals surface area contributed by atoms with Gasteiger partial charge in [0.05, 0.1) is 19.0 Å². The molecule has 1 spiro atoms. The van der Waals surface area contributed by atoms with Gasteiger partial charge in [0.15, 0.2) is 0 Å². The van der Waals surface area contributed by atoms with Crippen LogP contribution in [0.1, 0.15) is 49.7 Å². The van der Waals surface area contributed by atoms with Crippen LogP contribution in [0, 0.1) is 0 Å². The molecule has 0 atom stereocenters. The van der Waals surface area contributed by atoms with Crippen LogP contribution >= 0.6 is 0 Å². The van der Waals surface area contributed by atoms with E-state index in [1.807, 2.05) is 26.8 Å². The molecule has 8 nitrogen and oxygen atoms in total. The number of hydrogen-bond acceptors (Lipinski definition) is 6. The van der Waals surface area contributed by atoms with Crippen molar-refractivity contribution in [2.45, 2.75) is 44.8 Å². The largest absolute Gasteiger partial charge is 0.480 e. The van der Waals surface area contributed by atoms with Crippen LogP contribution in [0.25, 0.3) is 11.3 Å². The minimum absolute atomic E-state index is 0.324. The number of pyridine rings is 1. The van der Waals surface area contributed by atoms with Gasteiger partial charge >= 0.3 is 12.1 Å². The summed E-state index contributed by atoms with van der Waals surface area (Å²) in [5.74, 6) is 0.223. The maximum atomic E-state index is 12.4. The van der Waals surface area contributed by atoms with Crippen molar-refractivity contribution in [2.75, 3.05) is 20.2 Å². The van der Waals surface area contributed by atoms with Gasteiger partial charge in [-0.1, -0.05) is 0 Å². The zero-order valence-electron chi connectivity index (χ0n) is 17.1. The van der Waals surface area contributed by atoms with Crippen LogP contribution in [0.15, 0.2) is 24.5 Å². The molecule has 4 heterocycles. The lowest BCUT2D eigenvalue weighted by atomic mass is 9.81. The van der Waals surface area contributed by atoms with E-state index in [0.29, 0.717) is 37.4 Å². The number of methoxy groups -OCH3 is 1. The van der Waals surface area contributed by atoms with E-state index in [-0.39, 0.29) is 6.09 Å². The van der Waals surface area contributed by atoms with Gasteiger partial charge in [-0.2, -0.15) is 0 Å². The number of nitrogens with one attached hydrogen (secondary N) is 1. The Morgan fingerprint density at radius 1 is 1.28 bits per heavy atom. The minimum atomic E-state index is -0.646. The summed E-state index contributed by atoms with van der Waals surface area (Å²) in [6.07, 6.45) is 4.19. The lowest BCUT2D eigenvalue weighted by molar-refractivity contribution is -0.0217. The Balaban J connectivity index is 1.65. The second-order valence-electron chi connectivity index (χ2n) is 8.40. The molecule has 4 rings (SSSR count). The Kier molecular flexibility index (Phi) is 4.52. The standard InChI is InChI=1S/C21H25N3O5/c1-20(2,3)29-19(26)24-9-6-21(7-10-24)14-11-15(18(25)27-4)23-17(14)13-5-8-22-12-16(13)28-21/h5,8,11-12,23H,6-7,9-10H2,1-4H3. The molecule has 2 aromatic rings. The van der Waals surface area contributed by atoms with Gasteiger partial charge in [0.1, 0.15) is 22.6 Å². The molecule has 1 amide bonds. The predicted molar refractivity (Wildman–Crippen MR) is 105 cm³/mol. The number of likely N-dealkylation sites (tertiary alicyclic amines) is 1. The third-order valence-electron chi connectivity index (χ3n) is 5.30. The highest BCUT2D eigenvalue weighted by atomic mass is 16.6. The molecule has 2 aliphatic rings. The number of ether oxygens (including phenoxy) is 3. The Bertz CT molecular complexity index is 951. The molecule has 8 heteroatoms. The number of aromatic amines is 1. The van der Waals surface area contributed by atoms with Gasteiger partial charge in [0.25, 0.3) is 0 Å². The van der Waals surface area contributed by atoms with Crippen molar-refractivity contribution in [1.29, 1.82) is 0 Å². The maximum Gasteiger partial charge on any atom is 0.410 e. The second kappa shape index (κ2) is 6.79. The van der Waals surface area contributed by atoms with Gasteiger partial charge in [-0.05, 0) is 32.9 Å². The summed E-state index contributed by atoms with van der Waals surface area (Å²) in [5.41, 5.74) is 1.78. The van der Waals surface area contributed by atoms with Crippen molar-refractivity contribution in [1.82, 2.24) is 14.9 Å². The quantitative estimate of drug-likeness (QED) is 0.738. The van der Waals surface area contributed by atoms with Crippen molar-refractivity contribution >= 4 is 12.1 Å². The molecular weight excluding hydrogens is 374 g/mol. The highest BCUT2D eigenvalue weighted by Crippen LogP contribution is 2.49. The van der Waals surface area contributed by atoms with Crippen molar-refractivity contribution in [3.63, 3.8) is 0 Å². The van der Waals surface area contributed by atoms with Gasteiger partial charge in [-0.15, -0.1) is 0 Å². The average molecular weight is 399 g/mol. The number of piperidine rings is 1. The van der Waals surface area contributed by atoms with Crippen molar-refractivity contribution in [2.24, 2.45) is 0 Å². The summed E-state index contributed by atoms with van der Waals surface area (Å²) < 4.78 is 16.8. The first-order valence-corrected chi connectivity index (χ1v) is 9.65. The molecule has 29 heavy (non-hydrogen) atoms. The van der Waals surface area contributed by atoms with Crippen LogP contribution < -0.4 is 4.74 Å². The van der Waals surface area contributed by atoms with E-state index in [1.54, 1.807) is 23.4 Å². The first-order valence-electron chi connectivity index (χ1n) is 9.65. The summed E-state index contributed by atoms with van der Waals surface area (Å²) in [7, 11) is 1.35. The lowest BCUT2D eigenvalue weighted by Crippen LogP contribution is -2.50. The molecule has 0 unspecified atom stereocenters. The summed E-state index contributed by atoms with van der Waals surface area (Å²) in [4.78, 5) is 33.6. The molecule has 1 N–H and O–H groups in total. The fraction of sp³-hybridized carbons (Fsp3) is 0.476. The Hall–Kier alpha value is -3.03. The number of fused-ring (bicyclic) bond motifs is 4. The van der Waals surface area contributed by atoms with Crippen LogP contribution in [-0.4, -0.2) is 52.7 Å². The average Bonchev–Trinajstić information content (AvgIpc) is 3.13. The zero-order chi connectivity index (χ0) is 20.8. The highest BCUT2D eigenvalue weighted by Gasteiger charge is 2.46. The van der Waals surface area contributed by atoms with Crippen LogP contribution in [0.2, 0.25) is 0 Å². The number of rotatable bonds is 1. The summed E-state index contributed by atoms with van der Waals surface area (Å²) in [6, 6.07) is 3.65. The molecule has 0 saturated carbocycles. The molecule has 2 aromatic heterocycles. The summed E-state index contributed by atoms with van der Waals surface area (Å²) in [5, 5.41) is 0. The van der Waals surface area contributed by atoms with Gasteiger partial charge in [-0.3, -0.25) is 4.98 Å². The fourth-order valence-electron chi connectivity index (χ4n) is 3.93. The molecule has 0 aromatic carbocycles. The fourth-order valence-corrected chi connectivity index (χ4v) is 3.93. The molecular formula is C21H25N3O5. The topological polar surface area (TPSA) is 93.8 Å². The third kappa shape index (κ3) is 3.43. The Morgan fingerprint density at radius 3 is 2.66 bits per heavy atom. The van der Waals surface area contributed by atoms with Crippen molar-refractivity contribution < 1.29 is 23.8 Å². The van der Waals surface area contributed by atoms with Crippen molar-refractivity contribution in [3.05, 3.63) is 35.8 Å². The van der Waals surface area contributed by atoms with Gasteiger partial charge in [-0.25, -0.2) is 9.59 Å². The monoisotopic (exact) mass is 399 g/mol. The van der Waals surface area contributed by atoms with Crippen LogP contribution in [0.3, 0.4) is 0 Å². The lowest BCUT2D eigenvalue weighted by Gasteiger charge is -2.44. The smallest absolute Gasteiger partial charge is 0.410 e. The number of hydrogen-bond donors (Lipinski definition) is 1. The number of carbonyl (C=O) groups is 2. The SMILES string of the molecule is COC(=O)c1cc2c([nH]1)-c1ccncc1OC21CCN(C(=O)OC(C)(C)C)CC1. The molecule has 0 aliphatic carbocycles. The van der Waals surface area contributed by atoms with Crippen LogP contribution in [0.5, 0.6) is 5.75 Å². The number of H-pyrrole nitrogens is 1. The molecule has 154 valence electrons. The van der Waals surface area contributed by atoms with Crippen LogP contribution in [-0.2, 0) is 15.1 Å². The summed E-state index contributed by atoms with van der Waals surface area (Å²) in [6.45, 7) is 6.53. The Labute approximate surface area is 169 Å². The van der Waals surface area contributed by atoms with E-state index in [2.05, 4.69) is 9.97 Å². The third-order valence-corrected chi connectivity index (χ3v) is 5.30. The Morgan fingerprint density at radius 2 is 2.00 bits per heavy atom. The van der Waals surface area contributed by atoms with Gasteiger partial charge in [0, 0.05) is 43.3 Å². The molecule has 0 bridgehead atoms. The first-order chi connectivity index (χ1) is 13.7. The number of esters is 1. The minimum Gasteiger partial charge on any atom is -0.480 e. The molecule has 2 aliphatic heterocycles. The van der Waals surface area contributed by atoms with Gasteiger partial charge < -0.3 is 24.1 Å². The first kappa shape index (κ1) is 19.3. The van der Waals surface area contributed by atoms with E-state index >= 15 is 0 Å². The van der Waals surface area contributed by atoms with Crippen molar-refractivity contribution in [3.8, 4) is 17.0 Å². The number of nitrogens with zero attached hydrogens (tertiary/aromatic N) is 2. The maximum absolute atomic E-state index is 12.4. The second-order valence-corrected chi connectivity index (χ2v) is 8.40. The van der Waals surface area contributed by atoms with E-state index in [0.717, 1.165) is 16.8 Å². The van der Waals surface area contributed by atoms with E-state index < -0.39 is 17.2 Å². The number of aromatic nitrogens is 2. The number of carbonyl (C=O) groups excluding carboxylic acids is 2. The zero-order valence-corrected chi connectivity index (χ0v) is 17.1. The van der Waals surface area contributed by atoms with E-state index in [4.69, 9.17) is 14.2 Å². The predicted octanol–water partition coefficient (Wildman–Crippen LogP) is 3.48. The van der Waals surface area contributed by atoms with Crippen LogP contribution in [0.4, 0.5) is 4.79 Å². The highest BCUT2D eigenvalue weighted by molar-refractivity contribution is 5.90. The van der Waals surface area contributed by atoms with Gasteiger partial charge in [0.2, 0.25) is 0 Å². The number of amides is 1. The normalized spacial score (nSPS) is 17.2. The molecule has 0 radical (unpaired) electrons. The van der Waals surface area contributed by atoms with E-state index in [1.165, 1.54) is 7.11 Å². The summed E-state index contributed by atoms with van der Waals surface area (Å²) >= 11 is 0. The van der Waals surface area contributed by atoms with E-state index in [9.17, 15) is 9.59 Å². The molecule has 1 fully saturated rings.